The molecular weight excluding hydrogens is 360 g/mol. The lowest BCUT2D eigenvalue weighted by Crippen LogP contribution is -2.27. The van der Waals surface area contributed by atoms with Crippen LogP contribution in [0, 0.1) is 0 Å². The van der Waals surface area contributed by atoms with Crippen molar-refractivity contribution < 1.29 is 13.2 Å². The van der Waals surface area contributed by atoms with Crippen LogP contribution in [0.25, 0.3) is 0 Å². The third-order valence-corrected chi connectivity index (χ3v) is 6.47. The molecule has 7 heteroatoms. The minimum atomic E-state index is -3.64. The summed E-state index contributed by atoms with van der Waals surface area (Å²) in [4.78, 5) is 13.7. The molecule has 0 aliphatic carbocycles. The quantitative estimate of drug-likeness (QED) is 0.802. The lowest BCUT2D eigenvalue weighted by molar-refractivity contribution is -0.117. The van der Waals surface area contributed by atoms with E-state index in [4.69, 9.17) is 11.6 Å². The average Bonchev–Trinajstić information content (AvgIpc) is 3.03. The summed E-state index contributed by atoms with van der Waals surface area (Å²) in [6, 6.07) is 13.6. The molecule has 1 fully saturated rings. The van der Waals surface area contributed by atoms with Crippen molar-refractivity contribution in [2.24, 2.45) is 0 Å². The van der Waals surface area contributed by atoms with Crippen LogP contribution in [0.3, 0.4) is 0 Å². The van der Waals surface area contributed by atoms with Gasteiger partial charge in [-0.1, -0.05) is 29.8 Å². The number of sulfonamides is 1. The van der Waals surface area contributed by atoms with Gasteiger partial charge in [0.1, 0.15) is 0 Å². The normalized spacial score (nSPS) is 15.2. The van der Waals surface area contributed by atoms with Crippen LogP contribution >= 0.6 is 11.6 Å². The van der Waals surface area contributed by atoms with Crippen LogP contribution in [0.4, 0.5) is 5.69 Å². The van der Waals surface area contributed by atoms with Crippen molar-refractivity contribution in [1.29, 1.82) is 0 Å². The van der Waals surface area contributed by atoms with Crippen molar-refractivity contribution in [1.82, 2.24) is 4.31 Å². The predicted molar refractivity (Wildman–Crippen MR) is 98.1 cm³/mol. The molecule has 3 rings (SSSR count). The van der Waals surface area contributed by atoms with Crippen molar-refractivity contribution in [3.05, 3.63) is 59.1 Å². The minimum absolute atomic E-state index is 0.0754. The van der Waals surface area contributed by atoms with E-state index >= 15 is 0 Å². The minimum Gasteiger partial charge on any atom is -0.312 e. The van der Waals surface area contributed by atoms with E-state index in [0.717, 1.165) is 17.7 Å². The highest BCUT2D eigenvalue weighted by atomic mass is 35.5. The van der Waals surface area contributed by atoms with Crippen LogP contribution < -0.4 is 4.90 Å². The molecule has 0 aromatic heterocycles. The molecule has 2 aromatic rings. The Bertz CT molecular complexity index is 881. The number of carbonyl (C=O) groups is 1. The average molecular weight is 379 g/mol. The van der Waals surface area contributed by atoms with Gasteiger partial charge >= 0.3 is 0 Å². The van der Waals surface area contributed by atoms with Gasteiger partial charge in [0, 0.05) is 37.3 Å². The van der Waals surface area contributed by atoms with E-state index in [0.29, 0.717) is 18.0 Å². The van der Waals surface area contributed by atoms with Gasteiger partial charge in [-0.15, -0.1) is 0 Å². The second-order valence-electron chi connectivity index (χ2n) is 6.00. The number of rotatable bonds is 5. The summed E-state index contributed by atoms with van der Waals surface area (Å²) in [6.45, 7) is 0.867. The third kappa shape index (κ3) is 3.71. The molecule has 1 saturated heterocycles. The van der Waals surface area contributed by atoms with Gasteiger partial charge < -0.3 is 4.90 Å². The molecule has 1 aliphatic heterocycles. The monoisotopic (exact) mass is 378 g/mol. The first-order valence-corrected chi connectivity index (χ1v) is 9.81. The maximum atomic E-state index is 12.7. The van der Waals surface area contributed by atoms with Crippen LogP contribution in [-0.4, -0.2) is 32.2 Å². The molecule has 25 heavy (non-hydrogen) atoms. The van der Waals surface area contributed by atoms with Gasteiger partial charge in [0.05, 0.1) is 4.90 Å². The number of benzene rings is 2. The lowest BCUT2D eigenvalue weighted by Gasteiger charge is -2.19. The van der Waals surface area contributed by atoms with E-state index in [1.165, 1.54) is 11.4 Å². The second kappa shape index (κ2) is 7.15. The number of anilines is 1. The summed E-state index contributed by atoms with van der Waals surface area (Å²) in [5, 5.41) is 0.535. The zero-order chi connectivity index (χ0) is 18.0. The second-order valence-corrected chi connectivity index (χ2v) is 8.45. The Balaban J connectivity index is 1.79. The summed E-state index contributed by atoms with van der Waals surface area (Å²) in [5.41, 5.74) is 1.48. The van der Waals surface area contributed by atoms with Crippen LogP contribution in [0.1, 0.15) is 18.4 Å². The molecule has 1 heterocycles. The van der Waals surface area contributed by atoms with Crippen molar-refractivity contribution in [2.75, 3.05) is 18.5 Å². The van der Waals surface area contributed by atoms with Crippen molar-refractivity contribution in [2.45, 2.75) is 24.3 Å². The number of carbonyl (C=O) groups excluding carboxylic acids is 1. The Kier molecular flexibility index (Phi) is 5.13. The highest BCUT2D eigenvalue weighted by Crippen LogP contribution is 2.25. The first kappa shape index (κ1) is 17.9. The van der Waals surface area contributed by atoms with Gasteiger partial charge in [0.2, 0.25) is 15.9 Å². The zero-order valence-corrected chi connectivity index (χ0v) is 15.4. The maximum absolute atomic E-state index is 12.7. The van der Waals surface area contributed by atoms with E-state index in [-0.39, 0.29) is 17.3 Å². The number of hydrogen-bond acceptors (Lipinski definition) is 3. The van der Waals surface area contributed by atoms with Gasteiger partial charge in [-0.25, -0.2) is 8.42 Å². The molecule has 0 radical (unpaired) electrons. The smallest absolute Gasteiger partial charge is 0.243 e. The summed E-state index contributed by atoms with van der Waals surface area (Å²) in [5.74, 6) is 0.0754. The third-order valence-electron chi connectivity index (χ3n) is 4.28. The lowest BCUT2D eigenvalue weighted by atomic mass is 10.2. The molecule has 2 aromatic carbocycles. The molecule has 132 valence electrons. The molecule has 1 amide bonds. The molecule has 0 unspecified atom stereocenters. The predicted octanol–water partition coefficient (Wildman–Crippen LogP) is 3.29. The van der Waals surface area contributed by atoms with Gasteiger partial charge in [-0.2, -0.15) is 4.31 Å². The first-order chi connectivity index (χ1) is 11.9. The summed E-state index contributed by atoms with van der Waals surface area (Å²) < 4.78 is 26.8. The first-order valence-electron chi connectivity index (χ1n) is 8.00. The van der Waals surface area contributed by atoms with E-state index < -0.39 is 10.0 Å². The van der Waals surface area contributed by atoms with Crippen molar-refractivity contribution >= 4 is 33.2 Å². The summed E-state index contributed by atoms with van der Waals surface area (Å²) in [6.07, 6.45) is 1.38. The Labute approximate surface area is 152 Å². The molecule has 0 atom stereocenters. The van der Waals surface area contributed by atoms with E-state index in [9.17, 15) is 13.2 Å². The Morgan fingerprint density at radius 2 is 1.80 bits per heavy atom. The van der Waals surface area contributed by atoms with Gasteiger partial charge in [0.25, 0.3) is 0 Å². The van der Waals surface area contributed by atoms with E-state index in [1.807, 2.05) is 6.07 Å². The molecule has 1 aliphatic rings. The summed E-state index contributed by atoms with van der Waals surface area (Å²) >= 11 is 6.11. The molecular formula is C18H19ClN2O3S. The van der Waals surface area contributed by atoms with Crippen molar-refractivity contribution in [3.8, 4) is 0 Å². The maximum Gasteiger partial charge on any atom is 0.243 e. The SMILES string of the molecule is CN(Cc1ccccc1Cl)S(=O)(=O)c1ccc(N2CCCC2=O)cc1. The van der Waals surface area contributed by atoms with E-state index in [1.54, 1.807) is 47.4 Å². The number of halogens is 1. The Hall–Kier alpha value is -1.89. The topological polar surface area (TPSA) is 57.7 Å². The standard InChI is InChI=1S/C18H19ClN2O3S/c1-20(13-14-5-2-3-6-17(14)19)25(23,24)16-10-8-15(9-11-16)21-12-4-7-18(21)22/h2-3,5-6,8-11H,4,7,12-13H2,1H3. The Morgan fingerprint density at radius 3 is 2.40 bits per heavy atom. The summed E-state index contributed by atoms with van der Waals surface area (Å²) in [7, 11) is -2.11. The van der Waals surface area contributed by atoms with Gasteiger partial charge in [-0.05, 0) is 42.3 Å². The molecule has 5 nitrogen and oxygen atoms in total. The molecule has 0 saturated carbocycles. The number of nitrogens with zero attached hydrogens (tertiary/aromatic N) is 2. The fourth-order valence-electron chi connectivity index (χ4n) is 2.85. The number of amides is 1. The van der Waals surface area contributed by atoms with E-state index in [2.05, 4.69) is 0 Å². The van der Waals surface area contributed by atoms with Crippen molar-refractivity contribution in [3.63, 3.8) is 0 Å². The fourth-order valence-corrected chi connectivity index (χ4v) is 4.20. The molecule has 0 N–H and O–H groups in total. The highest BCUT2D eigenvalue weighted by Gasteiger charge is 2.24. The van der Waals surface area contributed by atoms with Crippen LogP contribution in [-0.2, 0) is 21.4 Å². The number of hydrogen-bond donors (Lipinski definition) is 0. The van der Waals surface area contributed by atoms with Crippen LogP contribution in [0.15, 0.2) is 53.4 Å². The highest BCUT2D eigenvalue weighted by molar-refractivity contribution is 7.89. The van der Waals surface area contributed by atoms with Crippen LogP contribution in [0.2, 0.25) is 5.02 Å². The van der Waals surface area contributed by atoms with Crippen LogP contribution in [0.5, 0.6) is 0 Å². The molecule has 0 spiro atoms. The van der Waals surface area contributed by atoms with Gasteiger partial charge in [-0.3, -0.25) is 4.79 Å². The Morgan fingerprint density at radius 1 is 1.12 bits per heavy atom. The van der Waals surface area contributed by atoms with Gasteiger partial charge in [0.15, 0.2) is 0 Å². The largest absolute Gasteiger partial charge is 0.312 e. The fraction of sp³-hybridized carbons (Fsp3) is 0.278. The molecule has 0 bridgehead atoms. The zero-order valence-electron chi connectivity index (χ0n) is 13.9.